The highest BCUT2D eigenvalue weighted by molar-refractivity contribution is 5.76. The number of nitrogens with one attached hydrogen (secondary N) is 2. The van der Waals surface area contributed by atoms with E-state index in [1.165, 1.54) is 0 Å². The van der Waals surface area contributed by atoms with Crippen molar-refractivity contribution < 1.29 is 4.79 Å². The Labute approximate surface area is 101 Å². The average molecular weight is 237 g/mol. The third kappa shape index (κ3) is 5.14. The number of rotatable bonds is 6. The quantitative estimate of drug-likeness (QED) is 0.677. The first-order valence-electron chi connectivity index (χ1n) is 5.73. The van der Waals surface area contributed by atoms with E-state index in [-0.39, 0.29) is 11.9 Å². The van der Waals surface area contributed by atoms with Crippen LogP contribution in [0.2, 0.25) is 0 Å². The number of nitrogens with two attached hydrogens (primary N) is 1. The number of anilines is 2. The van der Waals surface area contributed by atoms with E-state index >= 15 is 0 Å². The fourth-order valence-electron chi connectivity index (χ4n) is 1.34. The Balaban J connectivity index is 2.33. The molecule has 0 saturated heterocycles. The van der Waals surface area contributed by atoms with Gasteiger partial charge < -0.3 is 16.4 Å². The van der Waals surface area contributed by atoms with Crippen LogP contribution in [-0.2, 0) is 4.79 Å². The number of hydrogen-bond acceptors (Lipinski definition) is 5. The van der Waals surface area contributed by atoms with E-state index in [0.717, 1.165) is 18.7 Å². The number of nitrogen functional groups attached to an aromatic ring is 1. The molecule has 0 aliphatic carbocycles. The molecular weight excluding hydrogens is 218 g/mol. The van der Waals surface area contributed by atoms with Crippen molar-refractivity contribution in [3.05, 3.63) is 11.8 Å². The van der Waals surface area contributed by atoms with Gasteiger partial charge in [0.2, 0.25) is 11.9 Å². The second kappa shape index (κ2) is 6.67. The molecule has 94 valence electrons. The summed E-state index contributed by atoms with van der Waals surface area (Å²) in [5.74, 6) is 0.930. The minimum Gasteiger partial charge on any atom is -0.369 e. The molecule has 0 unspecified atom stereocenters. The van der Waals surface area contributed by atoms with Crippen molar-refractivity contribution in [1.29, 1.82) is 0 Å². The van der Waals surface area contributed by atoms with Crippen molar-refractivity contribution in [3.8, 4) is 0 Å². The van der Waals surface area contributed by atoms with Gasteiger partial charge in [0.1, 0.15) is 5.82 Å². The van der Waals surface area contributed by atoms with Gasteiger partial charge in [-0.3, -0.25) is 4.79 Å². The lowest BCUT2D eigenvalue weighted by molar-refractivity contribution is -0.120. The number of amides is 1. The molecule has 4 N–H and O–H groups in total. The molecule has 0 spiro atoms. The van der Waals surface area contributed by atoms with Gasteiger partial charge >= 0.3 is 0 Å². The Morgan fingerprint density at radius 2 is 2.18 bits per heavy atom. The number of aryl methyl sites for hydroxylation is 1. The molecule has 6 nitrogen and oxygen atoms in total. The fourth-order valence-corrected chi connectivity index (χ4v) is 1.34. The van der Waals surface area contributed by atoms with Gasteiger partial charge in [-0.25, -0.2) is 4.98 Å². The zero-order valence-corrected chi connectivity index (χ0v) is 10.3. The van der Waals surface area contributed by atoms with Crippen LogP contribution in [0.4, 0.5) is 11.8 Å². The van der Waals surface area contributed by atoms with Gasteiger partial charge in [0.25, 0.3) is 0 Å². The number of carbonyl (C=O) groups excluding carboxylic acids is 1. The molecule has 1 amide bonds. The van der Waals surface area contributed by atoms with Crippen LogP contribution in [-0.4, -0.2) is 29.0 Å². The van der Waals surface area contributed by atoms with Crippen LogP contribution in [0.25, 0.3) is 0 Å². The van der Waals surface area contributed by atoms with Crippen molar-refractivity contribution >= 4 is 17.7 Å². The lowest BCUT2D eigenvalue weighted by Crippen LogP contribution is -2.26. The van der Waals surface area contributed by atoms with E-state index in [1.54, 1.807) is 6.07 Å². The van der Waals surface area contributed by atoms with Crippen molar-refractivity contribution in [1.82, 2.24) is 15.3 Å². The third-order valence-electron chi connectivity index (χ3n) is 2.10. The lowest BCUT2D eigenvalue weighted by atomic mass is 10.3. The van der Waals surface area contributed by atoms with Gasteiger partial charge in [-0.15, -0.1) is 0 Å². The summed E-state index contributed by atoms with van der Waals surface area (Å²) in [6, 6.07) is 1.79. The molecule has 1 rings (SSSR count). The van der Waals surface area contributed by atoms with Gasteiger partial charge in [0.05, 0.1) is 0 Å². The normalized spacial score (nSPS) is 10.0. The first kappa shape index (κ1) is 13.2. The second-order valence-corrected chi connectivity index (χ2v) is 3.78. The van der Waals surface area contributed by atoms with E-state index in [0.29, 0.717) is 18.8 Å². The molecule has 1 aromatic heterocycles. The number of nitrogens with zero attached hydrogens (tertiary/aromatic N) is 2. The van der Waals surface area contributed by atoms with Gasteiger partial charge in [0.15, 0.2) is 0 Å². The largest absolute Gasteiger partial charge is 0.369 e. The van der Waals surface area contributed by atoms with Crippen LogP contribution in [0, 0.1) is 6.92 Å². The summed E-state index contributed by atoms with van der Waals surface area (Å²) in [5, 5.41) is 5.85. The van der Waals surface area contributed by atoms with Crippen LogP contribution in [0.1, 0.15) is 25.5 Å². The van der Waals surface area contributed by atoms with E-state index in [4.69, 9.17) is 5.73 Å². The smallest absolute Gasteiger partial charge is 0.222 e. The fraction of sp³-hybridized carbons (Fsp3) is 0.545. The Morgan fingerprint density at radius 3 is 2.82 bits per heavy atom. The van der Waals surface area contributed by atoms with Gasteiger partial charge in [0, 0.05) is 31.3 Å². The molecule has 17 heavy (non-hydrogen) atoms. The number of aromatic nitrogens is 2. The maximum absolute atomic E-state index is 11.3. The SMILES string of the molecule is CCCNC(=O)CCNc1cc(C)nc(N)n1. The standard InChI is InChI=1S/C11H19N5O/c1-3-5-14-10(17)4-6-13-9-7-8(2)15-11(12)16-9/h7H,3-6H2,1-2H3,(H,14,17)(H3,12,13,15,16). The zero-order valence-electron chi connectivity index (χ0n) is 10.3. The van der Waals surface area contributed by atoms with Crippen LogP contribution in [0.15, 0.2) is 6.07 Å². The molecule has 0 radical (unpaired) electrons. The molecular formula is C11H19N5O. The summed E-state index contributed by atoms with van der Waals surface area (Å²) in [7, 11) is 0. The Hall–Kier alpha value is -1.85. The van der Waals surface area contributed by atoms with E-state index < -0.39 is 0 Å². The van der Waals surface area contributed by atoms with Crippen molar-refractivity contribution in [2.24, 2.45) is 0 Å². The third-order valence-corrected chi connectivity index (χ3v) is 2.10. The summed E-state index contributed by atoms with van der Waals surface area (Å²) in [4.78, 5) is 19.3. The highest BCUT2D eigenvalue weighted by atomic mass is 16.1. The first-order chi connectivity index (χ1) is 8.11. The monoisotopic (exact) mass is 237 g/mol. The molecule has 0 saturated carbocycles. The molecule has 0 bridgehead atoms. The first-order valence-corrected chi connectivity index (χ1v) is 5.73. The van der Waals surface area contributed by atoms with Crippen LogP contribution in [0.3, 0.4) is 0 Å². The molecule has 0 aliphatic rings. The molecule has 0 fully saturated rings. The Bertz CT molecular complexity index is 360. The molecule has 1 heterocycles. The predicted molar refractivity (Wildman–Crippen MR) is 67.6 cm³/mol. The van der Waals surface area contributed by atoms with Crippen LogP contribution < -0.4 is 16.4 Å². The maximum Gasteiger partial charge on any atom is 0.222 e. The molecule has 6 heteroatoms. The molecule has 0 atom stereocenters. The zero-order chi connectivity index (χ0) is 12.7. The van der Waals surface area contributed by atoms with Crippen molar-refractivity contribution in [2.75, 3.05) is 24.1 Å². The maximum atomic E-state index is 11.3. The summed E-state index contributed by atoms with van der Waals surface area (Å²) in [5.41, 5.74) is 6.32. The molecule has 0 aromatic carbocycles. The lowest BCUT2D eigenvalue weighted by Gasteiger charge is -2.07. The highest BCUT2D eigenvalue weighted by Gasteiger charge is 2.01. The van der Waals surface area contributed by atoms with E-state index in [2.05, 4.69) is 20.6 Å². The van der Waals surface area contributed by atoms with Gasteiger partial charge in [-0.2, -0.15) is 4.98 Å². The number of carbonyl (C=O) groups is 1. The Kier molecular flexibility index (Phi) is 5.19. The Morgan fingerprint density at radius 1 is 1.41 bits per heavy atom. The summed E-state index contributed by atoms with van der Waals surface area (Å²) in [6.45, 7) is 5.12. The van der Waals surface area contributed by atoms with Crippen molar-refractivity contribution in [2.45, 2.75) is 26.7 Å². The van der Waals surface area contributed by atoms with E-state index in [1.807, 2.05) is 13.8 Å². The van der Waals surface area contributed by atoms with Crippen molar-refractivity contribution in [3.63, 3.8) is 0 Å². The highest BCUT2D eigenvalue weighted by Crippen LogP contribution is 2.06. The minimum absolute atomic E-state index is 0.0399. The van der Waals surface area contributed by atoms with Crippen LogP contribution >= 0.6 is 0 Å². The average Bonchev–Trinajstić information content (AvgIpc) is 2.25. The number of hydrogen-bond donors (Lipinski definition) is 3. The summed E-state index contributed by atoms with van der Waals surface area (Å²) in [6.07, 6.45) is 1.36. The molecule has 0 aliphatic heterocycles. The van der Waals surface area contributed by atoms with Crippen LogP contribution in [0.5, 0.6) is 0 Å². The summed E-state index contributed by atoms with van der Waals surface area (Å²) >= 11 is 0. The molecule has 1 aromatic rings. The van der Waals surface area contributed by atoms with Gasteiger partial charge in [-0.1, -0.05) is 6.92 Å². The predicted octanol–water partition coefficient (Wildman–Crippen LogP) is 0.695. The van der Waals surface area contributed by atoms with E-state index in [9.17, 15) is 4.79 Å². The summed E-state index contributed by atoms with van der Waals surface area (Å²) < 4.78 is 0. The van der Waals surface area contributed by atoms with Gasteiger partial charge in [-0.05, 0) is 13.3 Å². The topological polar surface area (TPSA) is 92.9 Å². The second-order valence-electron chi connectivity index (χ2n) is 3.78. The minimum atomic E-state index is 0.0399.